The van der Waals surface area contributed by atoms with Crippen molar-refractivity contribution in [1.29, 1.82) is 0 Å². The molecule has 4 aliphatic rings. The van der Waals surface area contributed by atoms with Crippen LogP contribution in [0.15, 0.2) is 71.1 Å². The maximum absolute atomic E-state index is 13.0. The molecule has 6 aromatic rings. The average Bonchev–Trinajstić information content (AvgIpc) is 4.16. The fourth-order valence-corrected chi connectivity index (χ4v) is 11.9. The van der Waals surface area contributed by atoms with Gasteiger partial charge in [0, 0.05) is 68.5 Å². The van der Waals surface area contributed by atoms with Crippen LogP contribution in [-0.4, -0.2) is 76.9 Å². The van der Waals surface area contributed by atoms with Crippen LogP contribution in [0.3, 0.4) is 0 Å². The SMILES string of the molecule is C1CCC2CCCCC2C1.COC(=O)c1csc(-c2ccn(C)n2)c1.Cl.Cn1ccc(-c2cc(C(=O)N3CCCC4CCCCC43)cs2)n1.Cn1ccc(-c2cc(C(=O)O)cs2)n1. The van der Waals surface area contributed by atoms with Crippen molar-refractivity contribution >= 4 is 64.3 Å². The van der Waals surface area contributed by atoms with Crippen LogP contribution in [0.5, 0.6) is 0 Å². The molecule has 2 unspecified atom stereocenters. The highest BCUT2D eigenvalue weighted by atomic mass is 35.5. The van der Waals surface area contributed by atoms with Crippen molar-refractivity contribution in [2.45, 2.75) is 95.9 Å². The number of likely N-dealkylation sites (tertiary alicyclic amines) is 1. The third-order valence-corrected chi connectivity index (χ3v) is 15.4. The summed E-state index contributed by atoms with van der Waals surface area (Å²) in [5.74, 6) is 2.05. The molecule has 1 N–H and O–H groups in total. The van der Waals surface area contributed by atoms with E-state index in [4.69, 9.17) is 5.11 Å². The molecule has 0 bridgehead atoms. The molecule has 3 saturated carbocycles. The Morgan fingerprint density at radius 1 is 0.587 bits per heavy atom. The number of aromatic carboxylic acids is 1. The Bertz CT molecular complexity index is 2360. The highest BCUT2D eigenvalue weighted by Crippen LogP contribution is 2.40. The van der Waals surface area contributed by atoms with E-state index in [0.29, 0.717) is 17.2 Å². The number of carboxylic acids is 1. The van der Waals surface area contributed by atoms with Crippen molar-refractivity contribution in [3.63, 3.8) is 0 Å². The summed E-state index contributed by atoms with van der Waals surface area (Å²) >= 11 is 4.48. The fraction of sp³-hybridized carbons (Fsp3) is 0.489. The molecule has 3 aliphatic carbocycles. The van der Waals surface area contributed by atoms with Gasteiger partial charge >= 0.3 is 11.9 Å². The number of fused-ring (bicyclic) bond motifs is 2. The van der Waals surface area contributed by atoms with Gasteiger partial charge in [-0.1, -0.05) is 64.2 Å². The predicted octanol–water partition coefficient (Wildman–Crippen LogP) is 11.5. The van der Waals surface area contributed by atoms with Crippen molar-refractivity contribution in [2.75, 3.05) is 13.7 Å². The number of halogens is 1. The van der Waals surface area contributed by atoms with Gasteiger partial charge in [0.15, 0.2) is 0 Å². The molecule has 16 heteroatoms. The fourth-order valence-electron chi connectivity index (χ4n) is 9.40. The Hall–Kier alpha value is -4.57. The first kappa shape index (κ1) is 47.9. The van der Waals surface area contributed by atoms with Gasteiger partial charge in [0.25, 0.3) is 5.91 Å². The molecule has 0 radical (unpaired) electrons. The third kappa shape index (κ3) is 12.6. The number of carboxylic acid groups (broad SMARTS) is 1. The second-order valence-electron chi connectivity index (χ2n) is 16.9. The number of amides is 1. The first-order valence-electron chi connectivity index (χ1n) is 21.9. The largest absolute Gasteiger partial charge is 0.478 e. The second-order valence-corrected chi connectivity index (χ2v) is 19.6. The smallest absolute Gasteiger partial charge is 0.338 e. The van der Waals surface area contributed by atoms with Gasteiger partial charge in [0.05, 0.1) is 38.4 Å². The molecule has 4 fully saturated rings. The van der Waals surface area contributed by atoms with E-state index in [9.17, 15) is 14.4 Å². The Morgan fingerprint density at radius 3 is 1.41 bits per heavy atom. The van der Waals surface area contributed by atoms with E-state index < -0.39 is 5.97 Å². The molecule has 2 atom stereocenters. The minimum atomic E-state index is -0.900. The Balaban J connectivity index is 0.000000145. The van der Waals surface area contributed by atoms with Crippen molar-refractivity contribution in [3.05, 3.63) is 87.8 Å². The zero-order valence-corrected chi connectivity index (χ0v) is 40.0. The van der Waals surface area contributed by atoms with Crippen LogP contribution in [0, 0.1) is 17.8 Å². The van der Waals surface area contributed by atoms with Crippen molar-refractivity contribution in [3.8, 4) is 31.7 Å². The summed E-state index contributed by atoms with van der Waals surface area (Å²) in [6, 6.07) is 11.7. The van der Waals surface area contributed by atoms with E-state index in [0.717, 1.165) is 68.0 Å². The lowest BCUT2D eigenvalue weighted by Crippen LogP contribution is -2.49. The molecule has 7 heterocycles. The van der Waals surface area contributed by atoms with Crippen molar-refractivity contribution in [1.82, 2.24) is 34.2 Å². The van der Waals surface area contributed by atoms with E-state index in [1.54, 1.807) is 74.0 Å². The number of aryl methyl sites for hydroxylation is 3. The number of methoxy groups -OCH3 is 1. The van der Waals surface area contributed by atoms with Crippen LogP contribution in [0.1, 0.15) is 121 Å². The molecule has 0 aromatic carbocycles. The number of nitrogens with zero attached hydrogens (tertiary/aromatic N) is 7. The van der Waals surface area contributed by atoms with Crippen LogP contribution >= 0.6 is 46.4 Å². The maximum atomic E-state index is 13.0. The molecule has 6 aromatic heterocycles. The Labute approximate surface area is 388 Å². The Kier molecular flexibility index (Phi) is 17.4. The summed E-state index contributed by atoms with van der Waals surface area (Å²) in [6.45, 7) is 0.925. The van der Waals surface area contributed by atoms with E-state index in [1.165, 1.54) is 87.6 Å². The monoisotopic (exact) mass is 933 g/mol. The van der Waals surface area contributed by atoms with E-state index >= 15 is 0 Å². The van der Waals surface area contributed by atoms with Gasteiger partial charge in [0.2, 0.25) is 0 Å². The van der Waals surface area contributed by atoms with E-state index in [-0.39, 0.29) is 24.3 Å². The van der Waals surface area contributed by atoms with Crippen LogP contribution in [0.2, 0.25) is 0 Å². The number of thiophene rings is 3. The summed E-state index contributed by atoms with van der Waals surface area (Å²) < 4.78 is 9.85. The van der Waals surface area contributed by atoms with Crippen LogP contribution < -0.4 is 0 Å². The molecule has 0 spiro atoms. The molecule has 12 nitrogen and oxygen atoms in total. The van der Waals surface area contributed by atoms with Gasteiger partial charge in [-0.15, -0.1) is 46.4 Å². The summed E-state index contributed by atoms with van der Waals surface area (Å²) in [5, 5.41) is 27.0. The zero-order chi connectivity index (χ0) is 43.6. The van der Waals surface area contributed by atoms with Crippen LogP contribution in [-0.2, 0) is 25.9 Å². The van der Waals surface area contributed by atoms with Gasteiger partial charge in [-0.3, -0.25) is 18.8 Å². The number of aromatic nitrogens is 6. The van der Waals surface area contributed by atoms with Gasteiger partial charge in [-0.05, 0) is 79.8 Å². The van der Waals surface area contributed by atoms with Crippen LogP contribution in [0.4, 0.5) is 0 Å². The summed E-state index contributed by atoms with van der Waals surface area (Å²) in [4.78, 5) is 40.0. The number of esters is 1. The van der Waals surface area contributed by atoms with Crippen molar-refractivity contribution in [2.24, 2.45) is 38.9 Å². The number of rotatable bonds is 6. The molecule has 1 saturated heterocycles. The molecule has 1 amide bonds. The second kappa shape index (κ2) is 22.9. The standard InChI is InChI=1S/C18H23N3OS.C10H10N2O2S.C10H18.C9H8N2O2S.ClH/c1-20-10-8-15(19-20)17-11-14(12-23-17)18(22)21-9-4-6-13-5-2-3-7-16(13)21;1-12-4-3-8(11-12)9-5-7(6-15-9)10(13)14-2;1-2-6-10-8-4-3-7-9(10)5-1;1-11-3-2-7(10-11)8-4-6(5-14-8)9(12)13;/h8,10-13,16H,2-7,9H2,1H3;3-6H,1-2H3;9-10H,1-8H2;2-5H,1H3,(H,12,13);1H. The van der Waals surface area contributed by atoms with Crippen molar-refractivity contribution < 1.29 is 24.2 Å². The normalized spacial score (nSPS) is 20.2. The molecular weight excluding hydrogens is 874 g/mol. The minimum absolute atomic E-state index is 0. The Morgan fingerprint density at radius 2 is 0.984 bits per heavy atom. The number of hydrogen-bond acceptors (Lipinski definition) is 10. The lowest BCUT2D eigenvalue weighted by Gasteiger charge is -2.44. The van der Waals surface area contributed by atoms with E-state index in [2.05, 4.69) is 24.9 Å². The highest BCUT2D eigenvalue weighted by molar-refractivity contribution is 7.14. The third-order valence-electron chi connectivity index (χ3n) is 12.6. The van der Waals surface area contributed by atoms with Crippen LogP contribution in [0.25, 0.3) is 31.7 Å². The highest BCUT2D eigenvalue weighted by Gasteiger charge is 2.36. The average molecular weight is 935 g/mol. The molecule has 338 valence electrons. The summed E-state index contributed by atoms with van der Waals surface area (Å²) in [7, 11) is 6.98. The topological polar surface area (TPSA) is 137 Å². The molecule has 1 aliphatic heterocycles. The number of ether oxygens (including phenoxy) is 1. The van der Waals surface area contributed by atoms with Gasteiger partial charge in [0.1, 0.15) is 17.1 Å². The lowest BCUT2D eigenvalue weighted by molar-refractivity contribution is 0.0391. The summed E-state index contributed by atoms with van der Waals surface area (Å²) in [5.41, 5.74) is 4.36. The molecule has 63 heavy (non-hydrogen) atoms. The predicted molar refractivity (Wildman–Crippen MR) is 255 cm³/mol. The number of hydrogen-bond donors (Lipinski definition) is 1. The maximum Gasteiger partial charge on any atom is 0.338 e. The zero-order valence-electron chi connectivity index (χ0n) is 36.7. The first-order valence-corrected chi connectivity index (χ1v) is 24.6. The quantitative estimate of drug-likeness (QED) is 0.163. The molecule has 10 rings (SSSR count). The van der Waals surface area contributed by atoms with Gasteiger partial charge < -0.3 is 14.7 Å². The number of carbonyl (C=O) groups excluding carboxylic acids is 2. The minimum Gasteiger partial charge on any atom is -0.478 e. The summed E-state index contributed by atoms with van der Waals surface area (Å²) in [6.07, 6.45) is 25.6. The molecular formula is C47H60ClN7O5S3. The van der Waals surface area contributed by atoms with Gasteiger partial charge in [-0.2, -0.15) is 15.3 Å². The van der Waals surface area contributed by atoms with Gasteiger partial charge in [-0.25, -0.2) is 9.59 Å². The number of carbonyl (C=O) groups is 3. The first-order chi connectivity index (χ1) is 30.1. The lowest BCUT2D eigenvalue weighted by atomic mass is 9.71. The van der Waals surface area contributed by atoms with E-state index in [1.807, 2.05) is 69.4 Å². The number of piperidine rings is 1.